The van der Waals surface area contributed by atoms with Crippen LogP contribution in [0.2, 0.25) is 0 Å². The minimum absolute atomic E-state index is 0.123. The molecular weight excluding hydrogens is 354 g/mol. The lowest BCUT2D eigenvalue weighted by Crippen LogP contribution is -2.13. The Bertz CT molecular complexity index is 803. The topological polar surface area (TPSA) is 66.4 Å². The maximum Gasteiger partial charge on any atom is 0.262 e. The van der Waals surface area contributed by atoms with Gasteiger partial charge in [0.2, 0.25) is 0 Å². The van der Waals surface area contributed by atoms with E-state index in [-0.39, 0.29) is 16.3 Å². The van der Waals surface area contributed by atoms with E-state index < -0.39 is 10.0 Å². The van der Waals surface area contributed by atoms with E-state index >= 15 is 0 Å². The zero-order valence-corrected chi connectivity index (χ0v) is 13.5. The van der Waals surface area contributed by atoms with Crippen molar-refractivity contribution >= 4 is 31.6 Å². The lowest BCUT2D eigenvalue weighted by molar-refractivity contribution is 0.474. The monoisotopic (exact) mass is 367 g/mol. The highest BCUT2D eigenvalue weighted by atomic mass is 79.9. The number of benzene rings is 2. The largest absolute Gasteiger partial charge is 0.505 e. The van der Waals surface area contributed by atoms with Crippen LogP contribution in [0.25, 0.3) is 0 Å². The Labute approximate surface area is 132 Å². The summed E-state index contributed by atoms with van der Waals surface area (Å²) in [4.78, 5) is 0.225. The fourth-order valence-electron chi connectivity index (χ4n) is 2.52. The second-order valence-corrected chi connectivity index (χ2v) is 7.56. The third kappa shape index (κ3) is 2.78. The highest BCUT2D eigenvalue weighted by Crippen LogP contribution is 2.33. The minimum atomic E-state index is -3.70. The average molecular weight is 368 g/mol. The molecule has 0 spiro atoms. The maximum absolute atomic E-state index is 12.4. The predicted molar refractivity (Wildman–Crippen MR) is 85.1 cm³/mol. The molecule has 2 N–H and O–H groups in total. The molecule has 0 saturated heterocycles. The van der Waals surface area contributed by atoms with Gasteiger partial charge in [-0.25, -0.2) is 8.42 Å². The summed E-state index contributed by atoms with van der Waals surface area (Å²) in [6, 6.07) is 10.0. The zero-order valence-electron chi connectivity index (χ0n) is 11.1. The Morgan fingerprint density at radius 1 is 1.10 bits per heavy atom. The van der Waals surface area contributed by atoms with Crippen LogP contribution < -0.4 is 4.72 Å². The number of aryl methyl sites for hydroxylation is 2. The predicted octanol–water partition coefficient (Wildman–Crippen LogP) is 3.44. The molecule has 0 atom stereocenters. The molecule has 2 aromatic carbocycles. The summed E-state index contributed by atoms with van der Waals surface area (Å²) in [7, 11) is -3.70. The Morgan fingerprint density at radius 2 is 1.86 bits per heavy atom. The summed E-state index contributed by atoms with van der Waals surface area (Å²) in [5.74, 6) is -0.123. The molecular formula is C15H14BrNO3S. The number of aromatic hydroxyl groups is 1. The van der Waals surface area contributed by atoms with Crippen molar-refractivity contribution in [1.29, 1.82) is 0 Å². The molecule has 0 saturated carbocycles. The molecule has 0 aliphatic heterocycles. The van der Waals surface area contributed by atoms with E-state index in [0.717, 1.165) is 24.8 Å². The van der Waals surface area contributed by atoms with Gasteiger partial charge in [-0.05, 0) is 70.6 Å². The molecule has 1 aliphatic rings. The number of phenols is 1. The summed E-state index contributed by atoms with van der Waals surface area (Å²) >= 11 is 3.17. The first-order chi connectivity index (χ1) is 9.97. The molecule has 0 amide bonds. The van der Waals surface area contributed by atoms with Crippen LogP contribution in [0.5, 0.6) is 5.75 Å². The van der Waals surface area contributed by atoms with Crippen molar-refractivity contribution in [2.75, 3.05) is 4.72 Å². The van der Waals surface area contributed by atoms with Gasteiger partial charge in [-0.2, -0.15) is 0 Å². The van der Waals surface area contributed by atoms with Crippen LogP contribution in [0, 0.1) is 0 Å². The van der Waals surface area contributed by atoms with Gasteiger partial charge in [-0.1, -0.05) is 12.1 Å². The van der Waals surface area contributed by atoms with Crippen molar-refractivity contribution in [3.63, 3.8) is 0 Å². The Balaban J connectivity index is 1.96. The molecule has 1 aliphatic carbocycles. The molecule has 110 valence electrons. The van der Waals surface area contributed by atoms with Gasteiger partial charge >= 0.3 is 0 Å². The molecule has 0 unspecified atom stereocenters. The first-order valence-corrected chi connectivity index (χ1v) is 8.87. The smallest absolute Gasteiger partial charge is 0.262 e. The Hall–Kier alpha value is -1.53. The third-order valence-electron chi connectivity index (χ3n) is 3.61. The second-order valence-electron chi connectivity index (χ2n) is 5.03. The van der Waals surface area contributed by atoms with E-state index in [0.29, 0.717) is 4.47 Å². The summed E-state index contributed by atoms with van der Waals surface area (Å²) in [6.07, 6.45) is 3.00. The van der Waals surface area contributed by atoms with Crippen LogP contribution in [0.3, 0.4) is 0 Å². The fraction of sp³-hybridized carbons (Fsp3) is 0.200. The van der Waals surface area contributed by atoms with E-state index in [2.05, 4.69) is 20.7 Å². The van der Waals surface area contributed by atoms with Crippen molar-refractivity contribution in [3.8, 4) is 5.75 Å². The summed E-state index contributed by atoms with van der Waals surface area (Å²) in [5, 5.41) is 9.89. The molecule has 0 heterocycles. The van der Waals surface area contributed by atoms with E-state index in [9.17, 15) is 13.5 Å². The number of hydrogen-bond acceptors (Lipinski definition) is 3. The number of anilines is 1. The fourth-order valence-corrected chi connectivity index (χ4v) is 4.00. The van der Waals surface area contributed by atoms with Crippen molar-refractivity contribution in [3.05, 3.63) is 52.0 Å². The van der Waals surface area contributed by atoms with Crippen LogP contribution in [0.1, 0.15) is 17.5 Å². The molecule has 0 aromatic heterocycles. The van der Waals surface area contributed by atoms with Crippen molar-refractivity contribution in [1.82, 2.24) is 0 Å². The van der Waals surface area contributed by atoms with Gasteiger partial charge < -0.3 is 5.11 Å². The maximum atomic E-state index is 12.4. The normalized spacial score (nSPS) is 14.0. The Kier molecular flexibility index (Phi) is 3.67. The number of halogens is 1. The standard InChI is InChI=1S/C15H14BrNO3S/c16-13-5-2-6-14(15(13)18)17-21(19,20)12-8-7-10-3-1-4-11(10)9-12/h2,5-9,17-18H,1,3-4H2. The van der Waals surface area contributed by atoms with E-state index in [1.54, 1.807) is 24.3 Å². The third-order valence-corrected chi connectivity index (χ3v) is 5.61. The van der Waals surface area contributed by atoms with Gasteiger partial charge in [-0.15, -0.1) is 0 Å². The SMILES string of the molecule is O=S(=O)(Nc1cccc(Br)c1O)c1ccc2c(c1)CCC2. The minimum Gasteiger partial charge on any atom is -0.505 e. The number of nitrogens with one attached hydrogen (secondary N) is 1. The van der Waals surface area contributed by atoms with Gasteiger partial charge in [0.1, 0.15) is 0 Å². The average Bonchev–Trinajstić information content (AvgIpc) is 2.91. The second kappa shape index (κ2) is 5.35. The van der Waals surface area contributed by atoms with Crippen molar-refractivity contribution < 1.29 is 13.5 Å². The first-order valence-electron chi connectivity index (χ1n) is 6.59. The lowest BCUT2D eigenvalue weighted by atomic mass is 10.1. The van der Waals surface area contributed by atoms with Crippen molar-refractivity contribution in [2.24, 2.45) is 0 Å². The number of sulfonamides is 1. The Morgan fingerprint density at radius 3 is 2.67 bits per heavy atom. The van der Waals surface area contributed by atoms with Crippen LogP contribution in [-0.2, 0) is 22.9 Å². The van der Waals surface area contributed by atoms with E-state index in [1.165, 1.54) is 11.6 Å². The van der Waals surface area contributed by atoms with Crippen LogP contribution in [0.15, 0.2) is 45.8 Å². The van der Waals surface area contributed by atoms with Gasteiger partial charge in [0.25, 0.3) is 10.0 Å². The molecule has 0 radical (unpaired) electrons. The summed E-state index contributed by atoms with van der Waals surface area (Å²) < 4.78 is 27.7. The molecule has 3 rings (SSSR count). The molecule has 4 nitrogen and oxygen atoms in total. The zero-order chi connectivity index (χ0) is 15.0. The number of fused-ring (bicyclic) bond motifs is 1. The number of phenolic OH excluding ortho intramolecular Hbond substituents is 1. The highest BCUT2D eigenvalue weighted by molar-refractivity contribution is 9.10. The van der Waals surface area contributed by atoms with Crippen LogP contribution in [-0.4, -0.2) is 13.5 Å². The van der Waals surface area contributed by atoms with E-state index in [1.807, 2.05) is 6.07 Å². The highest BCUT2D eigenvalue weighted by Gasteiger charge is 2.20. The summed E-state index contributed by atoms with van der Waals surface area (Å²) in [6.45, 7) is 0. The molecule has 0 bridgehead atoms. The van der Waals surface area contributed by atoms with Gasteiger partial charge in [0.15, 0.2) is 5.75 Å². The van der Waals surface area contributed by atoms with Crippen LogP contribution >= 0.6 is 15.9 Å². The molecule has 2 aromatic rings. The molecule has 21 heavy (non-hydrogen) atoms. The first kappa shape index (κ1) is 14.4. The van der Waals surface area contributed by atoms with Gasteiger partial charge in [0.05, 0.1) is 15.1 Å². The number of para-hydroxylation sites is 1. The van der Waals surface area contributed by atoms with Crippen LogP contribution in [0.4, 0.5) is 5.69 Å². The summed E-state index contributed by atoms with van der Waals surface area (Å²) in [5.41, 5.74) is 2.47. The quantitative estimate of drug-likeness (QED) is 0.816. The molecule has 0 fully saturated rings. The van der Waals surface area contributed by atoms with Gasteiger partial charge in [-0.3, -0.25) is 4.72 Å². The molecule has 6 heteroatoms. The van der Waals surface area contributed by atoms with Gasteiger partial charge in [0, 0.05) is 0 Å². The lowest BCUT2D eigenvalue weighted by Gasteiger charge is -2.11. The number of rotatable bonds is 3. The number of hydrogen-bond donors (Lipinski definition) is 2. The van der Waals surface area contributed by atoms with Crippen molar-refractivity contribution in [2.45, 2.75) is 24.2 Å². The van der Waals surface area contributed by atoms with E-state index in [4.69, 9.17) is 0 Å².